The predicted octanol–water partition coefficient (Wildman–Crippen LogP) is 4.04. The molecule has 0 aliphatic carbocycles. The summed E-state index contributed by atoms with van der Waals surface area (Å²) in [6, 6.07) is 18.2. The molecule has 0 aliphatic heterocycles. The van der Waals surface area contributed by atoms with Crippen LogP contribution in [0.2, 0.25) is 0 Å². The van der Waals surface area contributed by atoms with Gasteiger partial charge in [0.25, 0.3) is 0 Å². The molecule has 0 amide bonds. The van der Waals surface area contributed by atoms with Crippen LogP contribution in [0.15, 0.2) is 59.0 Å². The van der Waals surface area contributed by atoms with Gasteiger partial charge in [0.1, 0.15) is 11.3 Å². The first-order valence-corrected chi connectivity index (χ1v) is 6.61. The summed E-state index contributed by atoms with van der Waals surface area (Å²) in [5, 5.41) is 1.10. The molecule has 1 heterocycles. The zero-order valence-corrected chi connectivity index (χ0v) is 11.0. The zero-order valence-electron chi connectivity index (χ0n) is 11.0. The molecule has 0 spiro atoms. The van der Waals surface area contributed by atoms with Gasteiger partial charge in [-0.3, -0.25) is 0 Å². The number of hydrogen-bond donors (Lipinski definition) is 1. The minimum atomic E-state index is -0.209. The Morgan fingerprint density at radius 2 is 1.89 bits per heavy atom. The van der Waals surface area contributed by atoms with Crippen LogP contribution in [0.25, 0.3) is 11.0 Å². The molecule has 3 rings (SSSR count). The summed E-state index contributed by atoms with van der Waals surface area (Å²) in [5.74, 6) is 0.814. The van der Waals surface area contributed by atoms with Crippen molar-refractivity contribution in [3.8, 4) is 0 Å². The van der Waals surface area contributed by atoms with E-state index < -0.39 is 0 Å². The largest absolute Gasteiger partial charge is 0.459 e. The molecule has 3 aromatic rings. The van der Waals surface area contributed by atoms with Crippen molar-refractivity contribution in [2.75, 3.05) is 0 Å². The van der Waals surface area contributed by atoms with Crippen LogP contribution in [0.5, 0.6) is 0 Å². The van der Waals surface area contributed by atoms with E-state index in [1.807, 2.05) is 30.3 Å². The van der Waals surface area contributed by atoms with Gasteiger partial charge in [-0.2, -0.15) is 0 Å². The third kappa shape index (κ3) is 2.27. The van der Waals surface area contributed by atoms with E-state index in [9.17, 15) is 0 Å². The van der Waals surface area contributed by atoms with Crippen LogP contribution in [0, 0.1) is 0 Å². The molecule has 2 aromatic carbocycles. The molecule has 2 nitrogen and oxygen atoms in total. The fourth-order valence-corrected chi connectivity index (χ4v) is 2.33. The molecule has 0 fully saturated rings. The van der Waals surface area contributed by atoms with Gasteiger partial charge in [0, 0.05) is 5.39 Å². The minimum absolute atomic E-state index is 0.209. The van der Waals surface area contributed by atoms with Crippen molar-refractivity contribution in [1.82, 2.24) is 0 Å². The first-order chi connectivity index (χ1) is 9.28. The number of nitrogens with two attached hydrogens (primary N) is 1. The van der Waals surface area contributed by atoms with Crippen molar-refractivity contribution in [1.29, 1.82) is 0 Å². The molecule has 0 saturated carbocycles. The lowest BCUT2D eigenvalue weighted by Gasteiger charge is -2.10. The van der Waals surface area contributed by atoms with Crippen molar-refractivity contribution < 1.29 is 4.42 Å². The highest BCUT2D eigenvalue weighted by Crippen LogP contribution is 2.27. The van der Waals surface area contributed by atoms with Gasteiger partial charge in [0.2, 0.25) is 0 Å². The van der Waals surface area contributed by atoms with E-state index in [-0.39, 0.29) is 6.04 Å². The standard InChI is InChI=1S/C17H17NO/c1-2-12-6-5-8-14(10-12)17(18)16-11-13-7-3-4-9-15(13)19-16/h3-11,17H,2,18H2,1H3. The van der Waals surface area contributed by atoms with E-state index >= 15 is 0 Å². The molecular weight excluding hydrogens is 234 g/mol. The fourth-order valence-electron chi connectivity index (χ4n) is 2.33. The van der Waals surface area contributed by atoms with E-state index in [0.29, 0.717) is 0 Å². The highest BCUT2D eigenvalue weighted by atomic mass is 16.3. The molecule has 19 heavy (non-hydrogen) atoms. The Morgan fingerprint density at radius 3 is 2.68 bits per heavy atom. The molecule has 0 radical (unpaired) electrons. The van der Waals surface area contributed by atoms with E-state index in [2.05, 4.69) is 31.2 Å². The molecule has 0 saturated heterocycles. The maximum atomic E-state index is 6.31. The first-order valence-electron chi connectivity index (χ1n) is 6.61. The van der Waals surface area contributed by atoms with E-state index in [0.717, 1.165) is 28.7 Å². The number of hydrogen-bond acceptors (Lipinski definition) is 2. The zero-order chi connectivity index (χ0) is 13.2. The summed E-state index contributed by atoms with van der Waals surface area (Å²) >= 11 is 0. The molecule has 1 unspecified atom stereocenters. The van der Waals surface area contributed by atoms with E-state index in [1.54, 1.807) is 0 Å². The van der Waals surface area contributed by atoms with Crippen LogP contribution < -0.4 is 5.73 Å². The summed E-state index contributed by atoms with van der Waals surface area (Å²) in [5.41, 5.74) is 9.59. The van der Waals surface area contributed by atoms with Gasteiger partial charge in [0.15, 0.2) is 0 Å². The summed E-state index contributed by atoms with van der Waals surface area (Å²) in [4.78, 5) is 0. The topological polar surface area (TPSA) is 39.2 Å². The maximum Gasteiger partial charge on any atom is 0.134 e. The molecule has 1 atom stereocenters. The Hall–Kier alpha value is -2.06. The molecule has 0 bridgehead atoms. The van der Waals surface area contributed by atoms with Gasteiger partial charge >= 0.3 is 0 Å². The Bertz CT molecular complexity index is 666. The number of para-hydroxylation sites is 1. The Labute approximate surface area is 112 Å². The second kappa shape index (κ2) is 4.90. The van der Waals surface area contributed by atoms with Crippen molar-refractivity contribution >= 4 is 11.0 Å². The van der Waals surface area contributed by atoms with E-state index in [4.69, 9.17) is 10.2 Å². The van der Waals surface area contributed by atoms with Gasteiger partial charge in [-0.1, -0.05) is 49.4 Å². The summed E-state index contributed by atoms with van der Waals surface area (Å²) in [6.45, 7) is 2.14. The highest BCUT2D eigenvalue weighted by molar-refractivity contribution is 5.77. The predicted molar refractivity (Wildman–Crippen MR) is 78.1 cm³/mol. The third-order valence-corrected chi connectivity index (χ3v) is 3.47. The van der Waals surface area contributed by atoms with Crippen molar-refractivity contribution in [2.24, 2.45) is 5.73 Å². The number of benzene rings is 2. The normalized spacial score (nSPS) is 12.7. The van der Waals surface area contributed by atoms with Crippen molar-refractivity contribution in [3.05, 3.63) is 71.5 Å². The maximum absolute atomic E-state index is 6.31. The van der Waals surface area contributed by atoms with E-state index in [1.165, 1.54) is 5.56 Å². The average Bonchev–Trinajstić information content (AvgIpc) is 2.90. The van der Waals surface area contributed by atoms with Crippen LogP contribution in [-0.2, 0) is 6.42 Å². The third-order valence-electron chi connectivity index (χ3n) is 3.47. The second-order valence-corrected chi connectivity index (χ2v) is 4.76. The smallest absolute Gasteiger partial charge is 0.134 e. The van der Waals surface area contributed by atoms with Gasteiger partial charge < -0.3 is 10.2 Å². The number of rotatable bonds is 3. The molecule has 2 heteroatoms. The van der Waals surface area contributed by atoms with Crippen LogP contribution in [0.1, 0.15) is 29.9 Å². The Balaban J connectivity index is 2.00. The van der Waals surface area contributed by atoms with Gasteiger partial charge in [0.05, 0.1) is 6.04 Å². The lowest BCUT2D eigenvalue weighted by molar-refractivity contribution is 0.525. The second-order valence-electron chi connectivity index (χ2n) is 4.76. The Kier molecular flexibility index (Phi) is 3.10. The van der Waals surface area contributed by atoms with Crippen LogP contribution in [-0.4, -0.2) is 0 Å². The van der Waals surface area contributed by atoms with Gasteiger partial charge in [-0.15, -0.1) is 0 Å². The monoisotopic (exact) mass is 251 g/mol. The van der Waals surface area contributed by atoms with Gasteiger partial charge in [-0.05, 0) is 29.7 Å². The first kappa shape index (κ1) is 12.0. The molecule has 0 aliphatic rings. The molecule has 1 aromatic heterocycles. The average molecular weight is 251 g/mol. The van der Waals surface area contributed by atoms with Crippen LogP contribution in [0.4, 0.5) is 0 Å². The minimum Gasteiger partial charge on any atom is -0.459 e. The number of aryl methyl sites for hydroxylation is 1. The highest BCUT2D eigenvalue weighted by Gasteiger charge is 2.14. The van der Waals surface area contributed by atoms with Crippen LogP contribution in [0.3, 0.4) is 0 Å². The quantitative estimate of drug-likeness (QED) is 0.763. The molecular formula is C17H17NO. The summed E-state index contributed by atoms with van der Waals surface area (Å²) in [6.07, 6.45) is 1.01. The lowest BCUT2D eigenvalue weighted by Crippen LogP contribution is -2.11. The lowest BCUT2D eigenvalue weighted by atomic mass is 10.0. The molecule has 2 N–H and O–H groups in total. The number of fused-ring (bicyclic) bond motifs is 1. The van der Waals surface area contributed by atoms with Gasteiger partial charge in [-0.25, -0.2) is 0 Å². The van der Waals surface area contributed by atoms with Crippen molar-refractivity contribution in [2.45, 2.75) is 19.4 Å². The fraction of sp³-hybridized carbons (Fsp3) is 0.176. The molecule has 96 valence electrons. The van der Waals surface area contributed by atoms with Crippen LogP contribution >= 0.6 is 0 Å². The Morgan fingerprint density at radius 1 is 1.05 bits per heavy atom. The SMILES string of the molecule is CCc1cccc(C(N)c2cc3ccccc3o2)c1. The number of furan rings is 1. The summed E-state index contributed by atoms with van der Waals surface area (Å²) < 4.78 is 5.83. The summed E-state index contributed by atoms with van der Waals surface area (Å²) in [7, 11) is 0. The van der Waals surface area contributed by atoms with Crippen molar-refractivity contribution in [3.63, 3.8) is 0 Å².